The maximum Gasteiger partial charge on any atom is 0.417 e. The monoisotopic (exact) mass is 385 g/mol. The minimum absolute atomic E-state index is 0.119. The number of anilines is 2. The molecule has 1 amide bonds. The van der Waals surface area contributed by atoms with E-state index in [1.807, 2.05) is 19.1 Å². The smallest absolute Gasteiger partial charge is 0.417 e. The molecule has 1 fully saturated rings. The van der Waals surface area contributed by atoms with Gasteiger partial charge in [0.25, 0.3) is 0 Å². The molecule has 0 unspecified atom stereocenters. The number of alkyl halides is 3. The average Bonchev–Trinajstić information content (AvgIpc) is 3.02. The molecule has 0 spiro atoms. The molecular weight excluding hydrogens is 371 g/mol. The standard InChI is InChI=1S/C17H15ClF3N3O2/c1-10(23-15-14(18)8-12(9-22-15)17(19,20)21)11-3-2-4-13(7-11)24-5-6-26-16(24)25/h2-4,7-10H,5-6H2,1H3,(H,22,23)/t10-/m1/s1. The van der Waals surface area contributed by atoms with Crippen LogP contribution in [0.3, 0.4) is 0 Å². The maximum atomic E-state index is 12.7. The Bertz CT molecular complexity index is 829. The number of benzene rings is 1. The van der Waals surface area contributed by atoms with Crippen molar-refractivity contribution < 1.29 is 22.7 Å². The third kappa shape index (κ3) is 3.85. The van der Waals surface area contributed by atoms with Crippen LogP contribution in [0.15, 0.2) is 36.5 Å². The van der Waals surface area contributed by atoms with E-state index in [1.54, 1.807) is 12.1 Å². The Morgan fingerprint density at radius 2 is 2.12 bits per heavy atom. The van der Waals surface area contributed by atoms with E-state index >= 15 is 0 Å². The average molecular weight is 386 g/mol. The summed E-state index contributed by atoms with van der Waals surface area (Å²) in [5.74, 6) is 0.151. The van der Waals surface area contributed by atoms with Crippen LogP contribution >= 0.6 is 11.6 Å². The minimum Gasteiger partial charge on any atom is -0.447 e. The van der Waals surface area contributed by atoms with Crippen LogP contribution in [0.5, 0.6) is 0 Å². The molecular formula is C17H15ClF3N3O2. The second-order valence-electron chi connectivity index (χ2n) is 5.78. The van der Waals surface area contributed by atoms with Crippen molar-refractivity contribution in [2.45, 2.75) is 19.1 Å². The number of hydrogen-bond donors (Lipinski definition) is 1. The SMILES string of the molecule is C[C@@H](Nc1ncc(C(F)(F)F)cc1Cl)c1cccc(N2CCOC2=O)c1. The summed E-state index contributed by atoms with van der Waals surface area (Å²) in [6.07, 6.45) is -4.17. The van der Waals surface area contributed by atoms with Crippen LogP contribution in [0.25, 0.3) is 0 Å². The number of nitrogens with zero attached hydrogens (tertiary/aromatic N) is 2. The highest BCUT2D eigenvalue weighted by Crippen LogP contribution is 2.33. The van der Waals surface area contributed by atoms with Crippen molar-refractivity contribution in [2.75, 3.05) is 23.4 Å². The van der Waals surface area contributed by atoms with E-state index in [0.29, 0.717) is 18.8 Å². The van der Waals surface area contributed by atoms with Gasteiger partial charge in [-0.2, -0.15) is 13.2 Å². The van der Waals surface area contributed by atoms with Crippen LogP contribution in [-0.4, -0.2) is 24.2 Å². The summed E-state index contributed by atoms with van der Waals surface area (Å²) in [5.41, 5.74) is 0.598. The molecule has 2 heterocycles. The van der Waals surface area contributed by atoms with Crippen molar-refractivity contribution in [1.82, 2.24) is 4.98 Å². The molecule has 3 rings (SSSR count). The number of rotatable bonds is 4. The third-order valence-corrected chi connectivity index (χ3v) is 4.25. The van der Waals surface area contributed by atoms with E-state index in [9.17, 15) is 18.0 Å². The lowest BCUT2D eigenvalue weighted by atomic mass is 10.1. The van der Waals surface area contributed by atoms with E-state index in [0.717, 1.165) is 17.8 Å². The number of amides is 1. The molecule has 0 aliphatic carbocycles. The Labute approximate surface area is 152 Å². The van der Waals surface area contributed by atoms with Crippen molar-refractivity contribution in [3.63, 3.8) is 0 Å². The topological polar surface area (TPSA) is 54.5 Å². The quantitative estimate of drug-likeness (QED) is 0.814. The predicted molar refractivity (Wildman–Crippen MR) is 91.4 cm³/mol. The van der Waals surface area contributed by atoms with Gasteiger partial charge in [-0.15, -0.1) is 0 Å². The van der Waals surface area contributed by atoms with Crippen LogP contribution in [0.1, 0.15) is 24.1 Å². The summed E-state index contributed by atoms with van der Waals surface area (Å²) in [7, 11) is 0. The zero-order chi connectivity index (χ0) is 18.9. The van der Waals surface area contributed by atoms with Gasteiger partial charge in [-0.3, -0.25) is 4.90 Å². The van der Waals surface area contributed by atoms with Crippen molar-refractivity contribution in [1.29, 1.82) is 0 Å². The minimum atomic E-state index is -4.50. The number of carbonyl (C=O) groups is 1. The summed E-state index contributed by atoms with van der Waals surface area (Å²) in [5, 5.41) is 2.87. The van der Waals surface area contributed by atoms with E-state index in [1.165, 1.54) is 4.90 Å². The molecule has 1 saturated heterocycles. The fourth-order valence-corrected chi connectivity index (χ4v) is 2.80. The van der Waals surface area contributed by atoms with Gasteiger partial charge in [-0.05, 0) is 30.7 Å². The lowest BCUT2D eigenvalue weighted by molar-refractivity contribution is -0.137. The Morgan fingerprint density at radius 3 is 2.73 bits per heavy atom. The Balaban J connectivity index is 1.78. The van der Waals surface area contributed by atoms with Crippen LogP contribution in [0.4, 0.5) is 29.5 Å². The third-order valence-electron chi connectivity index (χ3n) is 3.96. The molecule has 9 heteroatoms. The van der Waals surface area contributed by atoms with Crippen molar-refractivity contribution in [2.24, 2.45) is 0 Å². The van der Waals surface area contributed by atoms with Crippen molar-refractivity contribution in [3.8, 4) is 0 Å². The molecule has 138 valence electrons. The van der Waals surface area contributed by atoms with Crippen LogP contribution < -0.4 is 10.2 Å². The van der Waals surface area contributed by atoms with E-state index in [4.69, 9.17) is 16.3 Å². The van der Waals surface area contributed by atoms with Gasteiger partial charge < -0.3 is 10.1 Å². The first-order valence-corrected chi connectivity index (χ1v) is 8.17. The van der Waals surface area contributed by atoms with Crippen LogP contribution in [-0.2, 0) is 10.9 Å². The summed E-state index contributed by atoms with van der Waals surface area (Å²) in [4.78, 5) is 17.0. The second kappa shape index (κ2) is 7.03. The number of hydrogen-bond acceptors (Lipinski definition) is 4. The number of aromatic nitrogens is 1. The molecule has 1 N–H and O–H groups in total. The summed E-state index contributed by atoms with van der Waals surface area (Å²) < 4.78 is 43.0. The van der Waals surface area contributed by atoms with Gasteiger partial charge in [0, 0.05) is 11.9 Å². The van der Waals surface area contributed by atoms with Gasteiger partial charge in [-0.1, -0.05) is 23.7 Å². The zero-order valence-electron chi connectivity index (χ0n) is 13.7. The molecule has 1 aromatic carbocycles. The molecule has 1 aliphatic heterocycles. The summed E-state index contributed by atoms with van der Waals surface area (Å²) >= 11 is 5.93. The molecule has 1 atom stereocenters. The lowest BCUT2D eigenvalue weighted by Gasteiger charge is -2.19. The first kappa shape index (κ1) is 18.3. The van der Waals surface area contributed by atoms with Gasteiger partial charge in [0.2, 0.25) is 0 Å². The first-order chi connectivity index (χ1) is 12.3. The largest absolute Gasteiger partial charge is 0.447 e. The fraction of sp³-hybridized carbons (Fsp3) is 0.294. The highest BCUT2D eigenvalue weighted by atomic mass is 35.5. The number of halogens is 4. The highest BCUT2D eigenvalue weighted by molar-refractivity contribution is 6.33. The number of pyridine rings is 1. The fourth-order valence-electron chi connectivity index (χ4n) is 2.58. The molecule has 2 aromatic rings. The molecule has 0 saturated carbocycles. The van der Waals surface area contributed by atoms with Gasteiger partial charge in [-0.25, -0.2) is 9.78 Å². The number of cyclic esters (lactones) is 1. The second-order valence-corrected chi connectivity index (χ2v) is 6.19. The maximum absolute atomic E-state index is 12.7. The Kier molecular flexibility index (Phi) is 4.95. The number of carbonyl (C=O) groups excluding carboxylic acids is 1. The molecule has 26 heavy (non-hydrogen) atoms. The normalized spacial score (nSPS) is 15.7. The Morgan fingerprint density at radius 1 is 1.35 bits per heavy atom. The molecule has 1 aromatic heterocycles. The predicted octanol–water partition coefficient (Wildman–Crippen LogP) is 4.88. The zero-order valence-corrected chi connectivity index (χ0v) is 14.4. The Hall–Kier alpha value is -2.48. The van der Waals surface area contributed by atoms with Gasteiger partial charge in [0.1, 0.15) is 12.4 Å². The van der Waals surface area contributed by atoms with Crippen LogP contribution in [0.2, 0.25) is 5.02 Å². The highest BCUT2D eigenvalue weighted by Gasteiger charge is 2.31. The lowest BCUT2D eigenvalue weighted by Crippen LogP contribution is -2.23. The van der Waals surface area contributed by atoms with E-state index in [-0.39, 0.29) is 16.9 Å². The summed E-state index contributed by atoms with van der Waals surface area (Å²) in [6.45, 7) is 2.62. The first-order valence-electron chi connectivity index (χ1n) is 7.79. The molecule has 0 radical (unpaired) electrons. The van der Waals surface area contributed by atoms with Crippen LogP contribution in [0, 0.1) is 0 Å². The molecule has 0 bridgehead atoms. The van der Waals surface area contributed by atoms with Crippen molar-refractivity contribution >= 4 is 29.2 Å². The number of nitrogens with one attached hydrogen (secondary N) is 1. The molecule has 5 nitrogen and oxygen atoms in total. The van der Waals surface area contributed by atoms with Gasteiger partial charge in [0.05, 0.1) is 23.2 Å². The molecule has 1 aliphatic rings. The van der Waals surface area contributed by atoms with E-state index in [2.05, 4.69) is 10.3 Å². The number of ether oxygens (including phenoxy) is 1. The van der Waals surface area contributed by atoms with E-state index < -0.39 is 17.8 Å². The van der Waals surface area contributed by atoms with Crippen molar-refractivity contribution in [3.05, 3.63) is 52.7 Å². The summed E-state index contributed by atoms with van der Waals surface area (Å²) in [6, 6.07) is 7.75. The van der Waals surface area contributed by atoms with Gasteiger partial charge in [0.15, 0.2) is 0 Å². The van der Waals surface area contributed by atoms with Gasteiger partial charge >= 0.3 is 12.3 Å².